The van der Waals surface area contributed by atoms with Crippen molar-refractivity contribution in [3.63, 3.8) is 0 Å². The van der Waals surface area contributed by atoms with Gasteiger partial charge in [-0.1, -0.05) is 24.2 Å². The average Bonchev–Trinajstić information content (AvgIpc) is 2.88. The van der Waals surface area contributed by atoms with Gasteiger partial charge in [0.1, 0.15) is 0 Å². The highest BCUT2D eigenvalue weighted by Gasteiger charge is 2.29. The number of benzene rings is 1. The van der Waals surface area contributed by atoms with E-state index in [0.29, 0.717) is 22.1 Å². The van der Waals surface area contributed by atoms with Gasteiger partial charge in [-0.15, -0.1) is 11.8 Å². The predicted molar refractivity (Wildman–Crippen MR) is 86.0 cm³/mol. The highest BCUT2D eigenvalue weighted by atomic mass is 32.2. The molecule has 106 valence electrons. The Morgan fingerprint density at radius 3 is 2.85 bits per heavy atom. The molecule has 1 fully saturated rings. The minimum atomic E-state index is 0.302. The van der Waals surface area contributed by atoms with Gasteiger partial charge in [0, 0.05) is 22.4 Å². The summed E-state index contributed by atoms with van der Waals surface area (Å²) in [5.74, 6) is 3.64. The summed E-state index contributed by atoms with van der Waals surface area (Å²) in [6.07, 6.45) is 0. The van der Waals surface area contributed by atoms with Gasteiger partial charge in [-0.2, -0.15) is 16.7 Å². The number of anilines is 1. The molecule has 2 unspecified atom stereocenters. The molecular weight excluding hydrogens is 290 g/mol. The van der Waals surface area contributed by atoms with Gasteiger partial charge in [-0.3, -0.25) is 0 Å². The Hall–Kier alpha value is -1.14. The lowest BCUT2D eigenvalue weighted by Crippen LogP contribution is -2.16. The number of nitrogens with zero attached hydrogens (tertiary/aromatic N) is 2. The topological polar surface area (TPSA) is 64.9 Å². The van der Waals surface area contributed by atoms with E-state index in [4.69, 9.17) is 10.3 Å². The smallest absolute Gasteiger partial charge is 0.260 e. The lowest BCUT2D eigenvalue weighted by molar-refractivity contribution is 0.421. The summed E-state index contributed by atoms with van der Waals surface area (Å²) in [5, 5.41) is 4.98. The van der Waals surface area contributed by atoms with E-state index in [9.17, 15) is 0 Å². The number of hydrogen-bond acceptors (Lipinski definition) is 6. The summed E-state index contributed by atoms with van der Waals surface area (Å²) in [6.45, 7) is 4.23. The van der Waals surface area contributed by atoms with Crippen LogP contribution in [0.5, 0.6) is 0 Å². The van der Waals surface area contributed by atoms with Crippen LogP contribution in [-0.2, 0) is 0 Å². The molecule has 3 rings (SSSR count). The zero-order valence-electron chi connectivity index (χ0n) is 11.5. The number of rotatable bonds is 2. The van der Waals surface area contributed by atoms with Crippen LogP contribution in [0.4, 0.5) is 5.69 Å². The van der Waals surface area contributed by atoms with Gasteiger partial charge in [0.2, 0.25) is 0 Å². The van der Waals surface area contributed by atoms with Gasteiger partial charge in [0.05, 0.1) is 10.8 Å². The van der Waals surface area contributed by atoms with Crippen molar-refractivity contribution >= 4 is 29.2 Å². The fourth-order valence-electron chi connectivity index (χ4n) is 2.35. The Morgan fingerprint density at radius 1 is 1.30 bits per heavy atom. The largest absolute Gasteiger partial charge is 0.398 e. The Bertz CT molecular complexity index is 594. The fourth-order valence-corrected chi connectivity index (χ4v) is 5.03. The van der Waals surface area contributed by atoms with Gasteiger partial charge < -0.3 is 10.3 Å². The molecular formula is C14H17N3OS2. The molecule has 2 heterocycles. The number of aryl methyl sites for hydroxylation is 1. The second-order valence-electron chi connectivity index (χ2n) is 4.86. The number of hydrogen-bond donors (Lipinski definition) is 1. The van der Waals surface area contributed by atoms with Crippen molar-refractivity contribution in [2.75, 3.05) is 17.2 Å². The maximum atomic E-state index is 6.03. The van der Waals surface area contributed by atoms with E-state index in [0.717, 1.165) is 22.7 Å². The molecule has 4 nitrogen and oxygen atoms in total. The van der Waals surface area contributed by atoms with E-state index in [1.807, 2.05) is 48.6 Å². The summed E-state index contributed by atoms with van der Waals surface area (Å²) in [4.78, 5) is 4.58. The van der Waals surface area contributed by atoms with Crippen LogP contribution >= 0.6 is 23.5 Å². The summed E-state index contributed by atoms with van der Waals surface area (Å²) < 4.78 is 5.45. The Kier molecular flexibility index (Phi) is 3.94. The minimum Gasteiger partial charge on any atom is -0.398 e. The number of nitrogen functional groups attached to an aromatic ring is 1. The van der Waals surface area contributed by atoms with E-state index < -0.39 is 0 Å². The van der Waals surface area contributed by atoms with Gasteiger partial charge in [-0.25, -0.2) is 0 Å². The summed E-state index contributed by atoms with van der Waals surface area (Å²) in [6, 6.07) is 5.80. The molecule has 0 amide bonds. The molecule has 1 aromatic heterocycles. The number of nitrogens with two attached hydrogens (primary N) is 1. The quantitative estimate of drug-likeness (QED) is 0.856. The van der Waals surface area contributed by atoms with Crippen molar-refractivity contribution in [1.82, 2.24) is 10.1 Å². The number of aromatic nitrogens is 2. The molecule has 0 bridgehead atoms. The first-order valence-corrected chi connectivity index (χ1v) is 8.69. The van der Waals surface area contributed by atoms with Crippen LogP contribution in [0.2, 0.25) is 0 Å². The Balaban J connectivity index is 1.94. The molecule has 0 saturated carbocycles. The molecule has 2 N–H and O–H groups in total. The lowest BCUT2D eigenvalue weighted by atomic mass is 10.1. The Labute approximate surface area is 126 Å². The summed E-state index contributed by atoms with van der Waals surface area (Å²) in [5.41, 5.74) is 8.62. The molecule has 2 aromatic rings. The summed E-state index contributed by atoms with van der Waals surface area (Å²) in [7, 11) is 0. The third-order valence-corrected chi connectivity index (χ3v) is 6.49. The van der Waals surface area contributed by atoms with Crippen LogP contribution in [-0.4, -0.2) is 26.9 Å². The molecule has 1 saturated heterocycles. The molecule has 2 atom stereocenters. The van der Waals surface area contributed by atoms with E-state index in [-0.39, 0.29) is 0 Å². The molecule has 20 heavy (non-hydrogen) atoms. The molecule has 1 aliphatic rings. The van der Waals surface area contributed by atoms with Crippen molar-refractivity contribution < 1.29 is 4.52 Å². The fraction of sp³-hybridized carbons (Fsp3) is 0.429. The second kappa shape index (κ2) is 5.69. The number of thioether (sulfide) groups is 2. The zero-order valence-corrected chi connectivity index (χ0v) is 13.1. The first kappa shape index (κ1) is 13.8. The molecule has 0 radical (unpaired) electrons. The van der Waals surface area contributed by atoms with E-state index >= 15 is 0 Å². The first-order valence-electron chi connectivity index (χ1n) is 6.59. The normalized spacial score (nSPS) is 22.9. The first-order chi connectivity index (χ1) is 9.66. The van der Waals surface area contributed by atoms with Crippen LogP contribution in [0.3, 0.4) is 0 Å². The maximum Gasteiger partial charge on any atom is 0.260 e. The van der Waals surface area contributed by atoms with Crippen LogP contribution in [0.25, 0.3) is 11.5 Å². The van der Waals surface area contributed by atoms with Crippen LogP contribution < -0.4 is 5.73 Å². The predicted octanol–water partition coefficient (Wildman–Crippen LogP) is 3.54. The molecule has 0 spiro atoms. The standard InChI is InChI=1S/C14H17N3OS2/c1-8-4-3-5-10(15)11(8)14-16-13(17-18-14)12-9(2)19-6-7-20-12/h3-5,9,12H,6-7,15H2,1-2H3. The molecule has 0 aliphatic carbocycles. The van der Waals surface area contributed by atoms with Gasteiger partial charge >= 0.3 is 0 Å². The molecule has 1 aromatic carbocycles. The molecule has 1 aliphatic heterocycles. The van der Waals surface area contributed by atoms with E-state index in [1.54, 1.807) is 0 Å². The van der Waals surface area contributed by atoms with Crippen molar-refractivity contribution in [1.29, 1.82) is 0 Å². The van der Waals surface area contributed by atoms with Crippen LogP contribution in [0.1, 0.15) is 23.6 Å². The third-order valence-electron chi connectivity index (χ3n) is 3.40. The monoisotopic (exact) mass is 307 g/mol. The van der Waals surface area contributed by atoms with Crippen LogP contribution in [0.15, 0.2) is 22.7 Å². The van der Waals surface area contributed by atoms with Crippen molar-refractivity contribution in [2.24, 2.45) is 0 Å². The van der Waals surface area contributed by atoms with Crippen LogP contribution in [0, 0.1) is 6.92 Å². The van der Waals surface area contributed by atoms with E-state index in [2.05, 4.69) is 17.1 Å². The molecule has 6 heteroatoms. The third kappa shape index (κ3) is 2.54. The SMILES string of the molecule is Cc1cccc(N)c1-c1nc(C2SCCSC2C)no1. The average molecular weight is 307 g/mol. The summed E-state index contributed by atoms with van der Waals surface area (Å²) >= 11 is 3.87. The van der Waals surface area contributed by atoms with Gasteiger partial charge in [0.25, 0.3) is 5.89 Å². The second-order valence-corrected chi connectivity index (χ2v) is 7.60. The van der Waals surface area contributed by atoms with Crippen molar-refractivity contribution in [3.05, 3.63) is 29.6 Å². The van der Waals surface area contributed by atoms with E-state index in [1.165, 1.54) is 5.75 Å². The van der Waals surface area contributed by atoms with Crippen molar-refractivity contribution in [2.45, 2.75) is 24.3 Å². The van der Waals surface area contributed by atoms with Crippen molar-refractivity contribution in [3.8, 4) is 11.5 Å². The Morgan fingerprint density at radius 2 is 2.10 bits per heavy atom. The maximum absolute atomic E-state index is 6.03. The minimum absolute atomic E-state index is 0.302. The highest BCUT2D eigenvalue weighted by Crippen LogP contribution is 2.42. The lowest BCUT2D eigenvalue weighted by Gasteiger charge is -2.24. The zero-order chi connectivity index (χ0) is 14.1. The van der Waals surface area contributed by atoms with Gasteiger partial charge in [-0.05, 0) is 18.6 Å². The van der Waals surface area contributed by atoms with Gasteiger partial charge in [0.15, 0.2) is 5.82 Å². The highest BCUT2D eigenvalue weighted by molar-refractivity contribution is 8.06.